The molecule has 3 rings (SSSR count). The molecule has 1 saturated carbocycles. The Morgan fingerprint density at radius 1 is 1.26 bits per heavy atom. The fourth-order valence-corrected chi connectivity index (χ4v) is 3.38. The summed E-state index contributed by atoms with van der Waals surface area (Å²) in [6.07, 6.45) is 12.5. The van der Waals surface area contributed by atoms with Crippen molar-refractivity contribution < 1.29 is 4.79 Å². The maximum absolute atomic E-state index is 12.2. The van der Waals surface area contributed by atoms with Crippen molar-refractivity contribution >= 4 is 5.91 Å². The second-order valence-electron chi connectivity index (χ2n) is 6.56. The highest BCUT2D eigenvalue weighted by Crippen LogP contribution is 2.26. The van der Waals surface area contributed by atoms with Crippen molar-refractivity contribution in [3.63, 3.8) is 0 Å². The van der Waals surface area contributed by atoms with Crippen LogP contribution in [0.25, 0.3) is 5.69 Å². The Kier molecular flexibility index (Phi) is 5.11. The van der Waals surface area contributed by atoms with Gasteiger partial charge in [-0.1, -0.05) is 31.4 Å². The summed E-state index contributed by atoms with van der Waals surface area (Å²) in [4.78, 5) is 16.3. The fourth-order valence-electron chi connectivity index (χ4n) is 3.38. The van der Waals surface area contributed by atoms with Crippen LogP contribution in [0.15, 0.2) is 43.0 Å². The summed E-state index contributed by atoms with van der Waals surface area (Å²) in [6, 6.07) is 8.30. The van der Waals surface area contributed by atoms with E-state index < -0.39 is 0 Å². The Bertz CT molecular complexity index is 613. The minimum absolute atomic E-state index is 0.0444. The molecule has 1 atom stereocenters. The van der Waals surface area contributed by atoms with Crippen LogP contribution in [-0.4, -0.2) is 15.5 Å². The van der Waals surface area contributed by atoms with Gasteiger partial charge in [0.1, 0.15) is 0 Å². The average Bonchev–Trinajstić information content (AvgIpc) is 3.10. The van der Waals surface area contributed by atoms with Gasteiger partial charge in [-0.25, -0.2) is 4.98 Å². The summed E-state index contributed by atoms with van der Waals surface area (Å²) in [5.74, 6) is 0.766. The average molecular weight is 311 g/mol. The molecule has 1 fully saturated rings. The van der Waals surface area contributed by atoms with E-state index in [-0.39, 0.29) is 11.9 Å². The van der Waals surface area contributed by atoms with Gasteiger partial charge in [-0.3, -0.25) is 4.79 Å². The summed E-state index contributed by atoms with van der Waals surface area (Å²) < 4.78 is 1.97. The molecule has 0 spiro atoms. The number of hydrogen-bond donors (Lipinski definition) is 1. The maximum Gasteiger partial charge on any atom is 0.220 e. The van der Waals surface area contributed by atoms with Crippen molar-refractivity contribution in [1.29, 1.82) is 0 Å². The highest BCUT2D eigenvalue weighted by Gasteiger charge is 2.18. The number of nitrogens with zero attached hydrogens (tertiary/aromatic N) is 2. The van der Waals surface area contributed by atoms with Crippen molar-refractivity contribution in [3.8, 4) is 5.69 Å². The molecule has 1 heterocycles. The van der Waals surface area contributed by atoms with E-state index >= 15 is 0 Å². The summed E-state index contributed by atoms with van der Waals surface area (Å²) in [6.45, 7) is 2.05. The Morgan fingerprint density at radius 2 is 2.00 bits per heavy atom. The third-order valence-corrected chi connectivity index (χ3v) is 4.77. The molecule has 0 radical (unpaired) electrons. The second kappa shape index (κ2) is 7.44. The molecule has 1 aliphatic rings. The highest BCUT2D eigenvalue weighted by atomic mass is 16.1. The molecule has 1 aliphatic carbocycles. The van der Waals surface area contributed by atoms with E-state index in [0.717, 1.165) is 11.3 Å². The number of hydrogen-bond acceptors (Lipinski definition) is 2. The molecule has 1 aromatic carbocycles. The zero-order chi connectivity index (χ0) is 16.1. The summed E-state index contributed by atoms with van der Waals surface area (Å²) in [5.41, 5.74) is 2.21. The minimum atomic E-state index is 0.0444. The van der Waals surface area contributed by atoms with Gasteiger partial charge in [0, 0.05) is 24.5 Å². The van der Waals surface area contributed by atoms with E-state index in [0.29, 0.717) is 12.3 Å². The predicted molar refractivity (Wildman–Crippen MR) is 91.3 cm³/mol. The van der Waals surface area contributed by atoms with Crippen molar-refractivity contribution in [1.82, 2.24) is 14.9 Å². The quantitative estimate of drug-likeness (QED) is 0.906. The molecule has 1 aromatic heterocycles. The predicted octanol–water partition coefficient (Wildman–Crippen LogP) is 4.02. The summed E-state index contributed by atoms with van der Waals surface area (Å²) in [5, 5.41) is 3.14. The number of imidazole rings is 1. The number of nitrogens with one attached hydrogen (secondary N) is 1. The Hall–Kier alpha value is -2.10. The van der Waals surface area contributed by atoms with Gasteiger partial charge in [-0.2, -0.15) is 0 Å². The number of carbonyl (C=O) groups is 1. The molecule has 4 heteroatoms. The van der Waals surface area contributed by atoms with Crippen LogP contribution < -0.4 is 5.32 Å². The largest absolute Gasteiger partial charge is 0.350 e. The van der Waals surface area contributed by atoms with Gasteiger partial charge in [-0.05, 0) is 43.4 Å². The van der Waals surface area contributed by atoms with Gasteiger partial charge < -0.3 is 9.88 Å². The van der Waals surface area contributed by atoms with Crippen LogP contribution in [0, 0.1) is 5.92 Å². The van der Waals surface area contributed by atoms with Crippen LogP contribution in [0.1, 0.15) is 57.1 Å². The molecule has 0 bridgehead atoms. The van der Waals surface area contributed by atoms with Crippen molar-refractivity contribution in [2.24, 2.45) is 5.92 Å². The van der Waals surface area contributed by atoms with Crippen LogP contribution >= 0.6 is 0 Å². The van der Waals surface area contributed by atoms with Crippen LogP contribution in [0.3, 0.4) is 0 Å². The third kappa shape index (κ3) is 4.21. The van der Waals surface area contributed by atoms with E-state index in [2.05, 4.69) is 34.6 Å². The van der Waals surface area contributed by atoms with E-state index in [1.165, 1.54) is 32.1 Å². The van der Waals surface area contributed by atoms with E-state index in [9.17, 15) is 4.79 Å². The van der Waals surface area contributed by atoms with E-state index in [4.69, 9.17) is 0 Å². The summed E-state index contributed by atoms with van der Waals surface area (Å²) >= 11 is 0. The molecule has 122 valence electrons. The number of benzene rings is 1. The van der Waals surface area contributed by atoms with E-state index in [1.54, 1.807) is 12.5 Å². The molecule has 2 aromatic rings. The molecular weight excluding hydrogens is 286 g/mol. The Morgan fingerprint density at radius 3 is 2.65 bits per heavy atom. The zero-order valence-corrected chi connectivity index (χ0v) is 13.7. The number of carbonyl (C=O) groups excluding carboxylic acids is 1. The maximum atomic E-state index is 12.2. The third-order valence-electron chi connectivity index (χ3n) is 4.77. The first-order valence-electron chi connectivity index (χ1n) is 8.60. The molecule has 0 aliphatic heterocycles. The SMILES string of the molecule is CC(NC(=O)CC1CCCCC1)c1ccc(-n2ccnc2)cc1. The zero-order valence-electron chi connectivity index (χ0n) is 13.7. The van der Waals surface area contributed by atoms with Crippen molar-refractivity contribution in [3.05, 3.63) is 48.5 Å². The second-order valence-corrected chi connectivity index (χ2v) is 6.56. The molecule has 1 unspecified atom stereocenters. The van der Waals surface area contributed by atoms with Crippen LogP contribution in [0.4, 0.5) is 0 Å². The normalized spacial score (nSPS) is 16.9. The lowest BCUT2D eigenvalue weighted by Crippen LogP contribution is -2.28. The van der Waals surface area contributed by atoms with Gasteiger partial charge in [0.2, 0.25) is 5.91 Å². The number of aromatic nitrogens is 2. The topological polar surface area (TPSA) is 46.9 Å². The lowest BCUT2D eigenvalue weighted by atomic mass is 9.87. The van der Waals surface area contributed by atoms with Gasteiger partial charge in [-0.15, -0.1) is 0 Å². The molecule has 1 N–H and O–H groups in total. The lowest BCUT2D eigenvalue weighted by molar-refractivity contribution is -0.122. The first-order valence-corrected chi connectivity index (χ1v) is 8.60. The first kappa shape index (κ1) is 15.8. The first-order chi connectivity index (χ1) is 11.2. The van der Waals surface area contributed by atoms with Gasteiger partial charge >= 0.3 is 0 Å². The van der Waals surface area contributed by atoms with Crippen LogP contribution in [0.5, 0.6) is 0 Å². The Labute approximate surface area is 137 Å². The monoisotopic (exact) mass is 311 g/mol. The van der Waals surface area contributed by atoms with Crippen LogP contribution in [-0.2, 0) is 4.79 Å². The molecule has 0 saturated heterocycles. The number of amides is 1. The highest BCUT2D eigenvalue weighted by molar-refractivity contribution is 5.76. The standard InChI is InChI=1S/C19H25N3O/c1-15(21-19(23)13-16-5-3-2-4-6-16)17-7-9-18(10-8-17)22-12-11-20-14-22/h7-12,14-16H,2-6,13H2,1H3,(H,21,23). The molecule has 23 heavy (non-hydrogen) atoms. The van der Waals surface area contributed by atoms with Gasteiger partial charge in [0.15, 0.2) is 0 Å². The molecule has 1 amide bonds. The Balaban J connectivity index is 1.55. The fraction of sp³-hybridized carbons (Fsp3) is 0.474. The van der Waals surface area contributed by atoms with Gasteiger partial charge in [0.05, 0.1) is 12.4 Å². The molecular formula is C19H25N3O. The molecule has 4 nitrogen and oxygen atoms in total. The van der Waals surface area contributed by atoms with Crippen molar-refractivity contribution in [2.75, 3.05) is 0 Å². The number of rotatable bonds is 5. The van der Waals surface area contributed by atoms with Crippen molar-refractivity contribution in [2.45, 2.75) is 51.5 Å². The van der Waals surface area contributed by atoms with Gasteiger partial charge in [0.25, 0.3) is 0 Å². The smallest absolute Gasteiger partial charge is 0.220 e. The summed E-state index contributed by atoms with van der Waals surface area (Å²) in [7, 11) is 0. The lowest BCUT2D eigenvalue weighted by Gasteiger charge is -2.22. The van der Waals surface area contributed by atoms with Crippen LogP contribution in [0.2, 0.25) is 0 Å². The minimum Gasteiger partial charge on any atom is -0.350 e. The van der Waals surface area contributed by atoms with E-state index in [1.807, 2.05) is 17.7 Å².